The van der Waals surface area contributed by atoms with Gasteiger partial charge in [0.2, 0.25) is 0 Å². The van der Waals surface area contributed by atoms with Crippen molar-refractivity contribution in [3.63, 3.8) is 0 Å². The van der Waals surface area contributed by atoms with E-state index in [2.05, 4.69) is 105 Å². The Kier molecular flexibility index (Phi) is 15.2. The topological polar surface area (TPSA) is 76.3 Å². The number of nitrogens with zero attached hydrogens (tertiary/aromatic N) is 3. The van der Waals surface area contributed by atoms with Gasteiger partial charge in [0, 0.05) is 68.1 Å². The number of rotatable bonds is 9. The van der Waals surface area contributed by atoms with Crippen LogP contribution in [0.3, 0.4) is 0 Å². The molecule has 0 radical (unpaired) electrons. The number of piperazine rings is 1. The van der Waals surface area contributed by atoms with Crippen LogP contribution in [-0.2, 0) is 6.54 Å². The van der Waals surface area contributed by atoms with Crippen LogP contribution in [0.4, 0.5) is 5.69 Å². The lowest BCUT2D eigenvalue weighted by atomic mass is 10.0. The summed E-state index contributed by atoms with van der Waals surface area (Å²) < 4.78 is 2.52. The first-order valence-corrected chi connectivity index (χ1v) is 17.9. The van der Waals surface area contributed by atoms with Crippen molar-refractivity contribution >= 4 is 36.6 Å². The molecule has 0 spiro atoms. The van der Waals surface area contributed by atoms with Crippen LogP contribution in [0.25, 0.3) is 22.4 Å². The number of aromatic amines is 1. The van der Waals surface area contributed by atoms with Gasteiger partial charge in [-0.3, -0.25) is 9.69 Å². The molecule has 46 heavy (non-hydrogen) atoms. The van der Waals surface area contributed by atoms with Crippen molar-refractivity contribution in [1.29, 1.82) is 0 Å². The van der Waals surface area contributed by atoms with Gasteiger partial charge < -0.3 is 15.6 Å². The Hall–Kier alpha value is -3.08. The standard InChI is InChI=1S/C16H12N2O.C15H25N3S.C6H13NS/c19-10-12-1-3-13(4-2-12)14-5-7-15(8-6-14)16-9-17-11-18-16;1-3-12-19-18-10-8-17(9-11-18)13-14-4-6-15(16-2)7-5-14;1-5-6(8)3-2-4-7-5/h1-11H,(H,17,18);4-7,16H,3,8-13H2,1-2H3;5-8H,2-4H2,1H3. The molecule has 2 aliphatic heterocycles. The van der Waals surface area contributed by atoms with Gasteiger partial charge in [0.15, 0.2) is 0 Å². The van der Waals surface area contributed by atoms with Crippen LogP contribution < -0.4 is 10.6 Å². The lowest BCUT2D eigenvalue weighted by Gasteiger charge is -2.33. The Morgan fingerprint density at radius 2 is 1.61 bits per heavy atom. The number of carbonyl (C=O) groups is 1. The van der Waals surface area contributed by atoms with Gasteiger partial charge >= 0.3 is 0 Å². The van der Waals surface area contributed by atoms with Gasteiger partial charge in [0.1, 0.15) is 6.29 Å². The van der Waals surface area contributed by atoms with E-state index in [4.69, 9.17) is 0 Å². The second-order valence-electron chi connectivity index (χ2n) is 11.7. The van der Waals surface area contributed by atoms with Crippen LogP contribution in [0.2, 0.25) is 0 Å². The minimum absolute atomic E-state index is 0.587. The summed E-state index contributed by atoms with van der Waals surface area (Å²) in [6.07, 6.45) is 8.15. The van der Waals surface area contributed by atoms with E-state index in [0.29, 0.717) is 16.9 Å². The third-order valence-corrected chi connectivity index (χ3v) is 10.3. The van der Waals surface area contributed by atoms with Crippen LogP contribution in [0, 0.1) is 0 Å². The summed E-state index contributed by atoms with van der Waals surface area (Å²) in [4.78, 5) is 20.3. The molecule has 6 rings (SSSR count). The Bertz CT molecular complexity index is 1380. The maximum atomic E-state index is 10.6. The monoisotopic (exact) mass is 658 g/mol. The average molecular weight is 659 g/mol. The molecule has 0 aliphatic carbocycles. The van der Waals surface area contributed by atoms with Crippen LogP contribution in [0.1, 0.15) is 49.0 Å². The molecular weight excluding hydrogens is 609 g/mol. The van der Waals surface area contributed by atoms with Gasteiger partial charge in [0.05, 0.1) is 18.2 Å². The number of aromatic nitrogens is 2. The number of piperidine rings is 1. The van der Waals surface area contributed by atoms with E-state index in [1.807, 2.05) is 43.3 Å². The molecule has 2 fully saturated rings. The number of benzene rings is 3. The van der Waals surface area contributed by atoms with E-state index in [9.17, 15) is 4.79 Å². The fraction of sp³-hybridized carbons (Fsp3) is 0.405. The molecule has 4 aromatic rings. The Morgan fingerprint density at radius 3 is 2.13 bits per heavy atom. The van der Waals surface area contributed by atoms with E-state index in [0.717, 1.165) is 35.2 Å². The number of thiol groups is 1. The van der Waals surface area contributed by atoms with Gasteiger partial charge in [-0.2, -0.15) is 12.6 Å². The van der Waals surface area contributed by atoms with E-state index in [1.165, 1.54) is 69.0 Å². The van der Waals surface area contributed by atoms with Crippen molar-refractivity contribution in [2.24, 2.45) is 0 Å². The summed E-state index contributed by atoms with van der Waals surface area (Å²) in [6.45, 7) is 11.5. The number of hydrogen-bond acceptors (Lipinski definition) is 8. The van der Waals surface area contributed by atoms with Crippen molar-refractivity contribution < 1.29 is 4.79 Å². The Balaban J connectivity index is 0.000000169. The zero-order valence-corrected chi connectivity index (χ0v) is 29.2. The number of aldehydes is 1. The number of carbonyl (C=O) groups excluding carboxylic acids is 1. The van der Waals surface area contributed by atoms with Crippen molar-refractivity contribution in [1.82, 2.24) is 24.5 Å². The second kappa shape index (κ2) is 19.6. The molecule has 7 nitrogen and oxygen atoms in total. The number of hydrogen-bond donors (Lipinski definition) is 4. The zero-order chi connectivity index (χ0) is 32.6. The summed E-state index contributed by atoms with van der Waals surface area (Å²) in [6, 6.07) is 25.2. The van der Waals surface area contributed by atoms with Crippen molar-refractivity contribution in [2.45, 2.75) is 50.9 Å². The second-order valence-corrected chi connectivity index (χ2v) is 13.6. The average Bonchev–Trinajstić information content (AvgIpc) is 3.66. The molecule has 9 heteroatoms. The highest BCUT2D eigenvalue weighted by Crippen LogP contribution is 2.24. The predicted octanol–water partition coefficient (Wildman–Crippen LogP) is 7.52. The summed E-state index contributed by atoms with van der Waals surface area (Å²) in [5, 5.41) is 7.10. The summed E-state index contributed by atoms with van der Waals surface area (Å²) >= 11 is 6.40. The molecule has 0 amide bonds. The van der Waals surface area contributed by atoms with Gasteiger partial charge in [-0.15, -0.1) is 0 Å². The van der Waals surface area contributed by atoms with E-state index >= 15 is 0 Å². The van der Waals surface area contributed by atoms with Crippen molar-refractivity contribution in [2.75, 3.05) is 50.8 Å². The van der Waals surface area contributed by atoms with E-state index in [-0.39, 0.29) is 0 Å². The highest BCUT2D eigenvalue weighted by atomic mass is 32.2. The molecule has 1 aromatic heterocycles. The first kappa shape index (κ1) is 35.8. The minimum Gasteiger partial charge on any atom is -0.388 e. The fourth-order valence-electron chi connectivity index (χ4n) is 5.31. The molecule has 2 saturated heterocycles. The third kappa shape index (κ3) is 11.6. The maximum absolute atomic E-state index is 10.6. The van der Waals surface area contributed by atoms with Crippen LogP contribution >= 0.6 is 24.6 Å². The highest BCUT2D eigenvalue weighted by molar-refractivity contribution is 7.97. The van der Waals surface area contributed by atoms with Crippen molar-refractivity contribution in [3.05, 3.63) is 96.4 Å². The molecule has 2 atom stereocenters. The van der Waals surface area contributed by atoms with Gasteiger partial charge in [-0.05, 0) is 67.1 Å². The third-order valence-electron chi connectivity index (χ3n) is 8.25. The van der Waals surface area contributed by atoms with E-state index < -0.39 is 0 Å². The molecule has 2 unspecified atom stereocenters. The van der Waals surface area contributed by atoms with Gasteiger partial charge in [-0.25, -0.2) is 9.29 Å². The number of H-pyrrole nitrogens is 1. The number of nitrogens with one attached hydrogen (secondary N) is 3. The zero-order valence-electron chi connectivity index (χ0n) is 27.5. The molecule has 3 N–H and O–H groups in total. The first-order valence-electron chi connectivity index (χ1n) is 16.4. The smallest absolute Gasteiger partial charge is 0.150 e. The SMILES string of the molecule is CC1NCCCC1S.CCCSN1CCN(Cc2ccc(NC)cc2)CC1.O=Cc1ccc(-c2ccc(-c3cnc[nH]3)cc2)cc1. The lowest BCUT2D eigenvalue weighted by molar-refractivity contribution is 0.112. The molecule has 3 heterocycles. The van der Waals surface area contributed by atoms with Gasteiger partial charge in [-0.1, -0.05) is 79.5 Å². The summed E-state index contributed by atoms with van der Waals surface area (Å²) in [7, 11) is 1.96. The molecule has 3 aromatic carbocycles. The number of anilines is 1. The Morgan fingerprint density at radius 1 is 0.957 bits per heavy atom. The fourth-order valence-corrected chi connectivity index (χ4v) is 6.46. The van der Waals surface area contributed by atoms with Crippen molar-refractivity contribution in [3.8, 4) is 22.4 Å². The summed E-state index contributed by atoms with van der Waals surface area (Å²) in [5.41, 5.74) is 7.62. The quantitative estimate of drug-likeness (QED) is 0.0842. The molecular formula is C37H50N6OS2. The Labute approximate surface area is 285 Å². The van der Waals surface area contributed by atoms with Crippen LogP contribution in [0.5, 0.6) is 0 Å². The summed E-state index contributed by atoms with van der Waals surface area (Å²) in [5.74, 6) is 1.26. The normalized spacial score (nSPS) is 18.4. The minimum atomic E-state index is 0.587. The van der Waals surface area contributed by atoms with Crippen LogP contribution in [-0.4, -0.2) is 82.3 Å². The van der Waals surface area contributed by atoms with E-state index in [1.54, 1.807) is 12.5 Å². The molecule has 0 bridgehead atoms. The van der Waals surface area contributed by atoms with Gasteiger partial charge in [0.25, 0.3) is 0 Å². The largest absolute Gasteiger partial charge is 0.388 e. The van der Waals surface area contributed by atoms with Crippen LogP contribution in [0.15, 0.2) is 85.3 Å². The molecule has 2 aliphatic rings. The predicted molar refractivity (Wildman–Crippen MR) is 200 cm³/mol. The molecule has 246 valence electrons. The lowest BCUT2D eigenvalue weighted by Crippen LogP contribution is -2.42. The molecule has 0 saturated carbocycles. The first-order chi connectivity index (χ1) is 22.5. The number of imidazole rings is 1. The maximum Gasteiger partial charge on any atom is 0.150 e. The highest BCUT2D eigenvalue weighted by Gasteiger charge is 2.17.